The maximum Gasteiger partial charge on any atom is 0.244 e. The molecule has 2 aromatic rings. The van der Waals surface area contributed by atoms with Gasteiger partial charge < -0.3 is 5.32 Å². The van der Waals surface area contributed by atoms with Crippen molar-refractivity contribution in [3.63, 3.8) is 0 Å². The Morgan fingerprint density at radius 3 is 2.50 bits per heavy atom. The molecule has 0 aliphatic rings. The monoisotopic (exact) mass is 285 g/mol. The second-order valence-electron chi connectivity index (χ2n) is 4.38. The van der Waals surface area contributed by atoms with Crippen LogP contribution in [0.1, 0.15) is 11.1 Å². The van der Waals surface area contributed by atoms with Crippen molar-refractivity contribution in [2.45, 2.75) is 6.42 Å². The molecule has 1 amide bonds. The molecule has 0 fully saturated rings. The van der Waals surface area contributed by atoms with Crippen LogP contribution in [0.3, 0.4) is 0 Å². The van der Waals surface area contributed by atoms with E-state index < -0.39 is 0 Å². The Balaban J connectivity index is 1.80. The molecule has 0 bridgehead atoms. The molecule has 0 aliphatic carbocycles. The van der Waals surface area contributed by atoms with Gasteiger partial charge in [0.05, 0.1) is 0 Å². The van der Waals surface area contributed by atoms with Gasteiger partial charge >= 0.3 is 0 Å². The summed E-state index contributed by atoms with van der Waals surface area (Å²) in [6.07, 6.45) is 4.05. The van der Waals surface area contributed by atoms with E-state index >= 15 is 0 Å². The summed E-state index contributed by atoms with van der Waals surface area (Å²) in [6.45, 7) is 0.621. The number of rotatable bonds is 5. The van der Waals surface area contributed by atoms with E-state index in [1.807, 2.05) is 48.5 Å². The van der Waals surface area contributed by atoms with Gasteiger partial charge in [0.1, 0.15) is 0 Å². The highest BCUT2D eigenvalue weighted by molar-refractivity contribution is 6.32. The molecule has 0 radical (unpaired) electrons. The van der Waals surface area contributed by atoms with Gasteiger partial charge in [0, 0.05) is 17.6 Å². The largest absolute Gasteiger partial charge is 0.352 e. The molecule has 0 unspecified atom stereocenters. The van der Waals surface area contributed by atoms with Crippen molar-refractivity contribution in [3.05, 3.63) is 76.8 Å². The average molecular weight is 286 g/mol. The Morgan fingerprint density at radius 1 is 1.05 bits per heavy atom. The van der Waals surface area contributed by atoms with E-state index in [9.17, 15) is 4.79 Å². The van der Waals surface area contributed by atoms with Crippen LogP contribution in [-0.2, 0) is 11.2 Å². The number of carbonyl (C=O) groups is 1. The van der Waals surface area contributed by atoms with E-state index in [2.05, 4.69) is 5.32 Å². The predicted octanol–water partition coefficient (Wildman–Crippen LogP) is 3.71. The van der Waals surface area contributed by atoms with Gasteiger partial charge in [-0.25, -0.2) is 0 Å². The van der Waals surface area contributed by atoms with Gasteiger partial charge in [0.25, 0.3) is 0 Å². The Labute approximate surface area is 124 Å². The second kappa shape index (κ2) is 7.51. The van der Waals surface area contributed by atoms with Gasteiger partial charge in [0.2, 0.25) is 5.91 Å². The molecule has 2 aromatic carbocycles. The summed E-state index contributed by atoms with van der Waals surface area (Å²) in [4.78, 5) is 11.7. The van der Waals surface area contributed by atoms with Crippen molar-refractivity contribution in [2.75, 3.05) is 6.54 Å². The Hall–Kier alpha value is -2.06. The van der Waals surface area contributed by atoms with Crippen LogP contribution in [0.25, 0.3) is 6.08 Å². The Morgan fingerprint density at radius 2 is 1.75 bits per heavy atom. The average Bonchev–Trinajstić information content (AvgIpc) is 2.47. The van der Waals surface area contributed by atoms with E-state index in [4.69, 9.17) is 11.6 Å². The Kier molecular flexibility index (Phi) is 5.39. The highest BCUT2D eigenvalue weighted by atomic mass is 35.5. The summed E-state index contributed by atoms with van der Waals surface area (Å²) in [5.74, 6) is -0.110. The zero-order valence-electron chi connectivity index (χ0n) is 11.1. The molecule has 102 valence electrons. The number of halogens is 1. The van der Waals surface area contributed by atoms with Crippen LogP contribution in [0.2, 0.25) is 5.02 Å². The smallest absolute Gasteiger partial charge is 0.244 e. The summed E-state index contributed by atoms with van der Waals surface area (Å²) in [5.41, 5.74) is 2.05. The minimum Gasteiger partial charge on any atom is -0.352 e. The van der Waals surface area contributed by atoms with Crippen LogP contribution >= 0.6 is 11.6 Å². The van der Waals surface area contributed by atoms with Crippen molar-refractivity contribution in [1.82, 2.24) is 5.32 Å². The second-order valence-corrected chi connectivity index (χ2v) is 4.79. The Bertz CT molecular complexity index is 593. The molecule has 0 aliphatic heterocycles. The summed E-state index contributed by atoms with van der Waals surface area (Å²) in [7, 11) is 0. The lowest BCUT2D eigenvalue weighted by atomic mass is 10.1. The summed E-state index contributed by atoms with van der Waals surface area (Å²) >= 11 is 6.01. The first-order chi connectivity index (χ1) is 9.75. The van der Waals surface area contributed by atoms with Crippen molar-refractivity contribution in [2.24, 2.45) is 0 Å². The fourth-order valence-corrected chi connectivity index (χ4v) is 2.01. The minimum atomic E-state index is -0.110. The predicted molar refractivity (Wildman–Crippen MR) is 83.6 cm³/mol. The lowest BCUT2D eigenvalue weighted by Crippen LogP contribution is -2.23. The molecule has 2 nitrogen and oxygen atoms in total. The highest BCUT2D eigenvalue weighted by Gasteiger charge is 1.98. The van der Waals surface area contributed by atoms with E-state index in [0.717, 1.165) is 12.0 Å². The first-order valence-electron chi connectivity index (χ1n) is 6.50. The van der Waals surface area contributed by atoms with Gasteiger partial charge in [-0.3, -0.25) is 4.79 Å². The summed E-state index contributed by atoms with van der Waals surface area (Å²) in [6, 6.07) is 17.5. The van der Waals surface area contributed by atoms with Crippen LogP contribution in [-0.4, -0.2) is 12.5 Å². The third-order valence-corrected chi connectivity index (χ3v) is 3.22. The van der Waals surface area contributed by atoms with Gasteiger partial charge in [0.15, 0.2) is 0 Å². The van der Waals surface area contributed by atoms with E-state index in [1.165, 1.54) is 11.6 Å². The van der Waals surface area contributed by atoms with Gasteiger partial charge in [-0.15, -0.1) is 0 Å². The fraction of sp³-hybridized carbons (Fsp3) is 0.118. The topological polar surface area (TPSA) is 29.1 Å². The van der Waals surface area contributed by atoms with Crippen molar-refractivity contribution in [1.29, 1.82) is 0 Å². The summed E-state index contributed by atoms with van der Waals surface area (Å²) in [5, 5.41) is 3.49. The SMILES string of the molecule is O=C(/C=C/c1ccccc1Cl)NCCc1ccccc1. The molecule has 0 saturated heterocycles. The molecule has 0 heterocycles. The number of carbonyl (C=O) groups excluding carboxylic acids is 1. The molecule has 0 saturated carbocycles. The first-order valence-corrected chi connectivity index (χ1v) is 6.88. The summed E-state index contributed by atoms with van der Waals surface area (Å²) < 4.78 is 0. The molecule has 2 rings (SSSR count). The van der Waals surface area contributed by atoms with Crippen LogP contribution in [0.15, 0.2) is 60.7 Å². The van der Waals surface area contributed by atoms with Crippen LogP contribution in [0.4, 0.5) is 0 Å². The van der Waals surface area contributed by atoms with Crippen LogP contribution in [0.5, 0.6) is 0 Å². The number of nitrogens with one attached hydrogen (secondary N) is 1. The third-order valence-electron chi connectivity index (χ3n) is 2.88. The molecule has 20 heavy (non-hydrogen) atoms. The number of amides is 1. The first kappa shape index (κ1) is 14.4. The zero-order chi connectivity index (χ0) is 14.2. The zero-order valence-corrected chi connectivity index (χ0v) is 11.8. The normalized spacial score (nSPS) is 10.7. The number of hydrogen-bond acceptors (Lipinski definition) is 1. The van der Waals surface area contributed by atoms with Crippen LogP contribution in [0, 0.1) is 0 Å². The highest BCUT2D eigenvalue weighted by Crippen LogP contribution is 2.15. The molecule has 0 spiro atoms. The van der Waals surface area contributed by atoms with E-state index in [1.54, 1.807) is 12.1 Å². The van der Waals surface area contributed by atoms with Crippen LogP contribution < -0.4 is 5.32 Å². The molecular formula is C17H16ClNO. The maximum absolute atomic E-state index is 11.7. The van der Waals surface area contributed by atoms with Crippen molar-refractivity contribution < 1.29 is 4.79 Å². The van der Waals surface area contributed by atoms with Crippen molar-refractivity contribution in [3.8, 4) is 0 Å². The molecule has 3 heteroatoms. The maximum atomic E-state index is 11.7. The molecule has 1 N–H and O–H groups in total. The van der Waals surface area contributed by atoms with E-state index in [-0.39, 0.29) is 5.91 Å². The van der Waals surface area contributed by atoms with Gasteiger partial charge in [-0.05, 0) is 29.7 Å². The molecule has 0 atom stereocenters. The lowest BCUT2D eigenvalue weighted by Gasteiger charge is -2.02. The van der Waals surface area contributed by atoms with E-state index in [0.29, 0.717) is 11.6 Å². The lowest BCUT2D eigenvalue weighted by molar-refractivity contribution is -0.116. The fourth-order valence-electron chi connectivity index (χ4n) is 1.81. The quantitative estimate of drug-likeness (QED) is 0.834. The minimum absolute atomic E-state index is 0.110. The third kappa shape index (κ3) is 4.56. The molecular weight excluding hydrogens is 270 g/mol. The number of hydrogen-bond donors (Lipinski definition) is 1. The standard InChI is InChI=1S/C17H16ClNO/c18-16-9-5-4-8-15(16)10-11-17(20)19-13-12-14-6-2-1-3-7-14/h1-11H,12-13H2,(H,19,20)/b11-10+. The van der Waals surface area contributed by atoms with Gasteiger partial charge in [-0.2, -0.15) is 0 Å². The van der Waals surface area contributed by atoms with Gasteiger partial charge in [-0.1, -0.05) is 60.1 Å². The number of benzene rings is 2. The molecule has 0 aromatic heterocycles. The van der Waals surface area contributed by atoms with Crippen molar-refractivity contribution >= 4 is 23.6 Å².